The third-order valence-electron chi connectivity index (χ3n) is 4.21. The van der Waals surface area contributed by atoms with E-state index in [1.807, 2.05) is 19.1 Å². The zero-order valence-corrected chi connectivity index (χ0v) is 13.8. The first kappa shape index (κ1) is 16.9. The Labute approximate surface area is 145 Å². The number of benzene rings is 1. The average molecular weight is 341 g/mol. The van der Waals surface area contributed by atoms with E-state index in [1.165, 1.54) is 0 Å². The van der Waals surface area contributed by atoms with Gasteiger partial charge in [0.25, 0.3) is 5.91 Å². The van der Waals surface area contributed by atoms with Gasteiger partial charge in [-0.2, -0.15) is 0 Å². The lowest BCUT2D eigenvalue weighted by Crippen LogP contribution is -2.40. The third-order valence-corrected chi connectivity index (χ3v) is 4.21. The van der Waals surface area contributed by atoms with E-state index in [1.54, 1.807) is 41.0 Å². The van der Waals surface area contributed by atoms with Gasteiger partial charge in [-0.1, -0.05) is 6.07 Å². The number of hydrogen-bond acceptors (Lipinski definition) is 5. The lowest BCUT2D eigenvalue weighted by Gasteiger charge is -2.26. The van der Waals surface area contributed by atoms with E-state index in [-0.39, 0.29) is 11.9 Å². The number of carbonyl (C=O) groups excluding carboxylic acids is 2. The molecule has 7 heteroatoms. The number of pyridine rings is 1. The van der Waals surface area contributed by atoms with Gasteiger partial charge >= 0.3 is 0 Å². The molecule has 2 N–H and O–H groups in total. The number of rotatable bonds is 3. The van der Waals surface area contributed by atoms with E-state index < -0.39 is 5.91 Å². The summed E-state index contributed by atoms with van der Waals surface area (Å²) in [5.41, 5.74) is 3.63. The van der Waals surface area contributed by atoms with Gasteiger partial charge in [-0.15, -0.1) is 0 Å². The van der Waals surface area contributed by atoms with Gasteiger partial charge in [0.15, 0.2) is 0 Å². The summed E-state index contributed by atoms with van der Waals surface area (Å²) in [4.78, 5) is 30.0. The van der Waals surface area contributed by atoms with Crippen LogP contribution in [0.25, 0.3) is 0 Å². The predicted octanol–water partition coefficient (Wildman–Crippen LogP) is 1.55. The van der Waals surface area contributed by atoms with Crippen molar-refractivity contribution >= 4 is 11.8 Å². The Balaban J connectivity index is 1.80. The second kappa shape index (κ2) is 7.31. The zero-order chi connectivity index (χ0) is 17.8. The molecule has 0 unspecified atom stereocenters. The largest absolute Gasteiger partial charge is 0.491 e. The molecule has 2 amide bonds. The van der Waals surface area contributed by atoms with Crippen LogP contribution in [0.4, 0.5) is 0 Å². The van der Waals surface area contributed by atoms with Gasteiger partial charge in [-0.05, 0) is 36.8 Å². The van der Waals surface area contributed by atoms with Crippen LogP contribution in [0.2, 0.25) is 0 Å². The van der Waals surface area contributed by atoms with Crippen molar-refractivity contribution in [3.8, 4) is 5.75 Å². The van der Waals surface area contributed by atoms with Crippen LogP contribution in [0.3, 0.4) is 0 Å². The number of ether oxygens (including phenoxy) is 1. The minimum atomic E-state index is -0.602. The highest BCUT2D eigenvalue weighted by molar-refractivity contribution is 5.93. The SMILES string of the molecule is C[C@H]1COc2cc(C(=O)NO)ccc2CN1C(=O)Cc1ccncc1. The summed E-state index contributed by atoms with van der Waals surface area (Å²) in [6.07, 6.45) is 3.63. The molecule has 0 aliphatic carbocycles. The van der Waals surface area contributed by atoms with Crippen molar-refractivity contribution in [2.45, 2.75) is 25.9 Å². The number of aromatic nitrogens is 1. The topological polar surface area (TPSA) is 91.8 Å². The molecule has 0 bridgehead atoms. The van der Waals surface area contributed by atoms with Crippen molar-refractivity contribution in [1.29, 1.82) is 0 Å². The Hall–Kier alpha value is -2.93. The second-order valence-corrected chi connectivity index (χ2v) is 5.98. The molecule has 1 aromatic carbocycles. The fourth-order valence-corrected chi connectivity index (χ4v) is 2.78. The molecule has 0 fully saturated rings. The van der Waals surface area contributed by atoms with Crippen LogP contribution >= 0.6 is 0 Å². The molecule has 1 aromatic heterocycles. The molecule has 2 heterocycles. The van der Waals surface area contributed by atoms with Crippen LogP contribution in [0, 0.1) is 0 Å². The molecule has 2 aromatic rings. The number of hydrogen-bond donors (Lipinski definition) is 2. The number of nitrogens with zero attached hydrogens (tertiary/aromatic N) is 2. The Kier molecular flexibility index (Phi) is 4.95. The predicted molar refractivity (Wildman–Crippen MR) is 89.1 cm³/mol. The Morgan fingerprint density at radius 1 is 1.32 bits per heavy atom. The Morgan fingerprint density at radius 3 is 2.80 bits per heavy atom. The fraction of sp³-hybridized carbons (Fsp3) is 0.278. The molecule has 0 saturated heterocycles. The third kappa shape index (κ3) is 3.77. The van der Waals surface area contributed by atoms with Crippen LogP contribution in [0.1, 0.15) is 28.4 Å². The van der Waals surface area contributed by atoms with E-state index in [0.29, 0.717) is 30.9 Å². The number of nitrogens with one attached hydrogen (secondary N) is 1. The molecular weight excluding hydrogens is 322 g/mol. The van der Waals surface area contributed by atoms with Gasteiger partial charge < -0.3 is 9.64 Å². The van der Waals surface area contributed by atoms with Crippen molar-refractivity contribution in [3.63, 3.8) is 0 Å². The molecule has 3 rings (SSSR count). The van der Waals surface area contributed by atoms with Crippen LogP contribution in [-0.4, -0.2) is 39.6 Å². The van der Waals surface area contributed by atoms with Gasteiger partial charge in [0.05, 0.1) is 12.5 Å². The quantitative estimate of drug-likeness (QED) is 0.653. The van der Waals surface area contributed by atoms with E-state index in [4.69, 9.17) is 9.94 Å². The van der Waals surface area contributed by atoms with Crippen molar-refractivity contribution in [1.82, 2.24) is 15.4 Å². The summed E-state index contributed by atoms with van der Waals surface area (Å²) in [7, 11) is 0. The number of carbonyl (C=O) groups is 2. The van der Waals surface area contributed by atoms with Crippen molar-refractivity contribution < 1.29 is 19.5 Å². The lowest BCUT2D eigenvalue weighted by molar-refractivity contribution is -0.133. The highest BCUT2D eigenvalue weighted by Gasteiger charge is 2.26. The van der Waals surface area contributed by atoms with Crippen molar-refractivity contribution in [3.05, 3.63) is 59.4 Å². The number of fused-ring (bicyclic) bond motifs is 1. The molecule has 0 saturated carbocycles. The van der Waals surface area contributed by atoms with Crippen LogP contribution < -0.4 is 10.2 Å². The molecular formula is C18H19N3O4. The molecule has 0 radical (unpaired) electrons. The zero-order valence-electron chi connectivity index (χ0n) is 13.8. The Morgan fingerprint density at radius 2 is 2.08 bits per heavy atom. The van der Waals surface area contributed by atoms with E-state index in [2.05, 4.69) is 4.98 Å². The molecule has 7 nitrogen and oxygen atoms in total. The van der Waals surface area contributed by atoms with Gasteiger partial charge in [0.2, 0.25) is 5.91 Å². The molecule has 1 aliphatic rings. The molecule has 130 valence electrons. The molecule has 1 aliphatic heterocycles. The Bertz CT molecular complexity index is 779. The minimum Gasteiger partial charge on any atom is -0.491 e. The van der Waals surface area contributed by atoms with Gasteiger partial charge in [0, 0.05) is 30.1 Å². The highest BCUT2D eigenvalue weighted by Crippen LogP contribution is 2.27. The number of amides is 2. The normalized spacial score (nSPS) is 16.4. The second-order valence-electron chi connectivity index (χ2n) is 5.98. The summed E-state index contributed by atoms with van der Waals surface area (Å²) in [5, 5.41) is 8.75. The first-order valence-corrected chi connectivity index (χ1v) is 7.97. The smallest absolute Gasteiger partial charge is 0.274 e. The lowest BCUT2D eigenvalue weighted by atomic mass is 10.1. The van der Waals surface area contributed by atoms with Crippen LogP contribution in [-0.2, 0) is 17.8 Å². The van der Waals surface area contributed by atoms with Crippen molar-refractivity contribution in [2.24, 2.45) is 0 Å². The monoisotopic (exact) mass is 341 g/mol. The minimum absolute atomic E-state index is 0.00678. The summed E-state index contributed by atoms with van der Waals surface area (Å²) >= 11 is 0. The highest BCUT2D eigenvalue weighted by atomic mass is 16.5. The maximum Gasteiger partial charge on any atom is 0.274 e. The van der Waals surface area contributed by atoms with E-state index >= 15 is 0 Å². The maximum atomic E-state index is 12.7. The standard InChI is InChI=1S/C18H19N3O4/c1-12-11-25-16-9-14(18(23)20-24)2-3-15(16)10-21(12)17(22)8-13-4-6-19-7-5-13/h2-7,9,12,24H,8,10-11H2,1H3,(H,20,23)/t12-/m0/s1. The summed E-state index contributed by atoms with van der Waals surface area (Å²) in [5.74, 6) is -0.0474. The van der Waals surface area contributed by atoms with Crippen LogP contribution in [0.15, 0.2) is 42.7 Å². The van der Waals surface area contributed by atoms with Crippen LogP contribution in [0.5, 0.6) is 5.75 Å². The fourth-order valence-electron chi connectivity index (χ4n) is 2.78. The van der Waals surface area contributed by atoms with Gasteiger partial charge in [-0.3, -0.25) is 19.8 Å². The van der Waals surface area contributed by atoms with E-state index in [9.17, 15) is 9.59 Å². The summed E-state index contributed by atoms with van der Waals surface area (Å²) in [6.45, 7) is 2.67. The van der Waals surface area contributed by atoms with Gasteiger partial charge in [0.1, 0.15) is 12.4 Å². The summed E-state index contributed by atoms with van der Waals surface area (Å²) in [6, 6.07) is 8.46. The van der Waals surface area contributed by atoms with Crippen molar-refractivity contribution in [2.75, 3.05) is 6.61 Å². The molecule has 1 atom stereocenters. The summed E-state index contributed by atoms with van der Waals surface area (Å²) < 4.78 is 5.76. The molecule has 0 spiro atoms. The van der Waals surface area contributed by atoms with Gasteiger partial charge in [-0.25, -0.2) is 5.48 Å². The average Bonchev–Trinajstić information content (AvgIpc) is 2.80. The molecule has 25 heavy (non-hydrogen) atoms. The first-order chi connectivity index (χ1) is 12.1. The number of hydroxylamine groups is 1. The maximum absolute atomic E-state index is 12.7. The van der Waals surface area contributed by atoms with E-state index in [0.717, 1.165) is 11.1 Å². The first-order valence-electron chi connectivity index (χ1n) is 7.97.